The number of hydrogen-bond acceptors (Lipinski definition) is 4. The summed E-state index contributed by atoms with van der Waals surface area (Å²) in [6.45, 7) is 5.59. The maximum Gasteiger partial charge on any atom is 0.256 e. The van der Waals surface area contributed by atoms with Crippen LogP contribution in [-0.2, 0) is 25.4 Å². The number of halogens is 1. The average Bonchev–Trinajstić information content (AvgIpc) is 2.98. The molecule has 25 heavy (non-hydrogen) atoms. The molecule has 1 N–H and O–H groups in total. The van der Waals surface area contributed by atoms with Gasteiger partial charge < -0.3 is 4.90 Å². The van der Waals surface area contributed by atoms with E-state index in [1.54, 1.807) is 26.8 Å². The Hall–Kier alpha value is -1.96. The van der Waals surface area contributed by atoms with Gasteiger partial charge in [-0.15, -0.1) is 0 Å². The standard InChI is InChI=1S/C17H23FN2O4S/c1-11(2)17(22)20-8-4-5-15(20)16(21)19-25(23,24)10-13-7-6-12(3)9-14(13)18/h6-7,9,11,15H,4-5,8,10H2,1-3H3,(H,19,21). The van der Waals surface area contributed by atoms with Crippen LogP contribution in [-0.4, -0.2) is 37.7 Å². The number of sulfonamides is 1. The van der Waals surface area contributed by atoms with Crippen molar-refractivity contribution in [2.24, 2.45) is 5.92 Å². The molecule has 0 aromatic heterocycles. The third-order valence-corrected chi connectivity index (χ3v) is 5.35. The maximum atomic E-state index is 13.8. The summed E-state index contributed by atoms with van der Waals surface area (Å²) in [6, 6.07) is 3.44. The van der Waals surface area contributed by atoms with E-state index in [0.717, 1.165) is 0 Å². The second-order valence-corrected chi connectivity index (χ2v) is 8.39. The number of amides is 2. The molecular formula is C17H23FN2O4S. The Balaban J connectivity index is 2.09. The highest BCUT2D eigenvalue weighted by molar-refractivity contribution is 7.89. The molecule has 0 saturated carbocycles. The predicted octanol–water partition coefficient (Wildman–Crippen LogP) is 1.73. The lowest BCUT2D eigenvalue weighted by Gasteiger charge is -2.25. The normalized spacial score (nSPS) is 17.8. The number of aryl methyl sites for hydroxylation is 1. The van der Waals surface area contributed by atoms with Gasteiger partial charge in [0.05, 0.1) is 5.75 Å². The van der Waals surface area contributed by atoms with Gasteiger partial charge in [0.1, 0.15) is 11.9 Å². The quantitative estimate of drug-likeness (QED) is 0.856. The molecule has 1 fully saturated rings. The molecule has 0 radical (unpaired) electrons. The van der Waals surface area contributed by atoms with Crippen LogP contribution in [0.4, 0.5) is 4.39 Å². The minimum Gasteiger partial charge on any atom is -0.330 e. The summed E-state index contributed by atoms with van der Waals surface area (Å²) >= 11 is 0. The van der Waals surface area contributed by atoms with Crippen molar-refractivity contribution >= 4 is 21.8 Å². The molecule has 2 rings (SSSR count). The average molecular weight is 370 g/mol. The summed E-state index contributed by atoms with van der Waals surface area (Å²) in [5.41, 5.74) is 0.670. The van der Waals surface area contributed by atoms with E-state index in [2.05, 4.69) is 0 Å². The minimum atomic E-state index is -4.05. The fraction of sp³-hybridized carbons (Fsp3) is 0.529. The Morgan fingerprint density at radius 1 is 1.36 bits per heavy atom. The van der Waals surface area contributed by atoms with Crippen LogP contribution in [0.5, 0.6) is 0 Å². The van der Waals surface area contributed by atoms with Crippen LogP contribution >= 0.6 is 0 Å². The molecule has 1 aromatic carbocycles. The smallest absolute Gasteiger partial charge is 0.256 e. The number of rotatable bonds is 5. The molecule has 0 spiro atoms. The van der Waals surface area contributed by atoms with Gasteiger partial charge in [-0.25, -0.2) is 12.8 Å². The van der Waals surface area contributed by atoms with E-state index in [0.29, 0.717) is 24.9 Å². The second-order valence-electron chi connectivity index (χ2n) is 6.66. The van der Waals surface area contributed by atoms with Gasteiger partial charge in [-0.05, 0) is 31.4 Å². The fourth-order valence-corrected chi connectivity index (χ4v) is 4.02. The summed E-state index contributed by atoms with van der Waals surface area (Å²) in [5.74, 6) is -2.45. The van der Waals surface area contributed by atoms with Crippen LogP contribution in [0, 0.1) is 18.7 Å². The molecule has 6 nitrogen and oxygen atoms in total. The largest absolute Gasteiger partial charge is 0.330 e. The van der Waals surface area contributed by atoms with Gasteiger partial charge in [-0.2, -0.15) is 0 Å². The van der Waals surface area contributed by atoms with E-state index in [1.165, 1.54) is 17.0 Å². The molecule has 8 heteroatoms. The van der Waals surface area contributed by atoms with Gasteiger partial charge in [0, 0.05) is 18.0 Å². The van der Waals surface area contributed by atoms with E-state index >= 15 is 0 Å². The lowest BCUT2D eigenvalue weighted by Crippen LogP contribution is -2.48. The lowest BCUT2D eigenvalue weighted by molar-refractivity contribution is -0.140. The van der Waals surface area contributed by atoms with Crippen molar-refractivity contribution in [3.05, 3.63) is 35.1 Å². The van der Waals surface area contributed by atoms with Crippen molar-refractivity contribution in [1.82, 2.24) is 9.62 Å². The van der Waals surface area contributed by atoms with Gasteiger partial charge in [-0.3, -0.25) is 14.3 Å². The number of nitrogens with one attached hydrogen (secondary N) is 1. The van der Waals surface area contributed by atoms with Crippen molar-refractivity contribution in [1.29, 1.82) is 0 Å². The summed E-state index contributed by atoms with van der Waals surface area (Å²) < 4.78 is 40.3. The molecule has 1 atom stereocenters. The highest BCUT2D eigenvalue weighted by Crippen LogP contribution is 2.20. The minimum absolute atomic E-state index is 0.00700. The predicted molar refractivity (Wildman–Crippen MR) is 91.5 cm³/mol. The number of likely N-dealkylation sites (tertiary alicyclic amines) is 1. The Morgan fingerprint density at radius 3 is 2.64 bits per heavy atom. The zero-order chi connectivity index (χ0) is 18.8. The van der Waals surface area contributed by atoms with E-state index in [9.17, 15) is 22.4 Å². The van der Waals surface area contributed by atoms with Gasteiger partial charge in [0.25, 0.3) is 5.91 Å². The first-order valence-electron chi connectivity index (χ1n) is 8.20. The maximum absolute atomic E-state index is 13.8. The number of hydrogen-bond donors (Lipinski definition) is 1. The van der Waals surface area contributed by atoms with Crippen molar-refractivity contribution in [2.75, 3.05) is 6.54 Å². The third kappa shape index (κ3) is 4.78. The van der Waals surface area contributed by atoms with E-state index in [-0.39, 0.29) is 17.4 Å². The highest BCUT2D eigenvalue weighted by atomic mass is 32.2. The Kier molecular flexibility index (Phi) is 5.82. The van der Waals surface area contributed by atoms with Gasteiger partial charge in [0.2, 0.25) is 15.9 Å². The summed E-state index contributed by atoms with van der Waals surface area (Å²) in [6.07, 6.45) is 1.06. The zero-order valence-corrected chi connectivity index (χ0v) is 15.4. The van der Waals surface area contributed by atoms with Crippen LogP contribution in [0.15, 0.2) is 18.2 Å². The van der Waals surface area contributed by atoms with E-state index in [4.69, 9.17) is 0 Å². The van der Waals surface area contributed by atoms with E-state index in [1.807, 2.05) is 4.72 Å². The molecule has 1 aliphatic rings. The van der Waals surface area contributed by atoms with Crippen LogP contribution in [0.3, 0.4) is 0 Å². The number of carbonyl (C=O) groups excluding carboxylic acids is 2. The first kappa shape index (κ1) is 19.4. The highest BCUT2D eigenvalue weighted by Gasteiger charge is 2.36. The van der Waals surface area contributed by atoms with Crippen molar-refractivity contribution < 1.29 is 22.4 Å². The number of benzene rings is 1. The van der Waals surface area contributed by atoms with Crippen LogP contribution < -0.4 is 4.72 Å². The fourth-order valence-electron chi connectivity index (χ4n) is 2.87. The first-order valence-corrected chi connectivity index (χ1v) is 9.86. The molecule has 1 saturated heterocycles. The van der Waals surface area contributed by atoms with E-state index < -0.39 is 33.5 Å². The number of carbonyl (C=O) groups is 2. The van der Waals surface area contributed by atoms with Crippen molar-refractivity contribution in [3.8, 4) is 0 Å². The third-order valence-electron chi connectivity index (χ3n) is 4.14. The molecule has 0 bridgehead atoms. The topological polar surface area (TPSA) is 83.6 Å². The monoisotopic (exact) mass is 370 g/mol. The molecule has 1 heterocycles. The summed E-state index contributed by atoms with van der Waals surface area (Å²) in [7, 11) is -4.05. The van der Waals surface area contributed by atoms with Gasteiger partial charge in [0.15, 0.2) is 0 Å². The number of nitrogens with zero attached hydrogens (tertiary/aromatic N) is 1. The molecule has 1 aromatic rings. The molecule has 0 aliphatic carbocycles. The molecule has 2 amide bonds. The summed E-state index contributed by atoms with van der Waals surface area (Å²) in [5, 5.41) is 0. The Morgan fingerprint density at radius 2 is 2.04 bits per heavy atom. The molecular weight excluding hydrogens is 347 g/mol. The van der Waals surface area contributed by atoms with Gasteiger partial charge >= 0.3 is 0 Å². The second kappa shape index (κ2) is 7.51. The first-order chi connectivity index (χ1) is 11.6. The molecule has 1 aliphatic heterocycles. The molecule has 1 unspecified atom stereocenters. The lowest BCUT2D eigenvalue weighted by atomic mass is 10.1. The van der Waals surface area contributed by atoms with Crippen molar-refractivity contribution in [2.45, 2.75) is 45.4 Å². The Labute approximate surface area is 147 Å². The van der Waals surface area contributed by atoms with Gasteiger partial charge in [-0.1, -0.05) is 26.0 Å². The molecule has 138 valence electrons. The van der Waals surface area contributed by atoms with Crippen LogP contribution in [0.1, 0.15) is 37.8 Å². The van der Waals surface area contributed by atoms with Crippen LogP contribution in [0.25, 0.3) is 0 Å². The van der Waals surface area contributed by atoms with Crippen LogP contribution in [0.2, 0.25) is 0 Å². The van der Waals surface area contributed by atoms with Crippen molar-refractivity contribution in [3.63, 3.8) is 0 Å². The Bertz CT molecular complexity index is 777. The zero-order valence-electron chi connectivity index (χ0n) is 14.6. The summed E-state index contributed by atoms with van der Waals surface area (Å²) in [4.78, 5) is 25.9. The SMILES string of the molecule is Cc1ccc(CS(=O)(=O)NC(=O)C2CCCN2C(=O)C(C)C)c(F)c1.